The minimum absolute atomic E-state index is 0.00118. The number of anilines is 2. The fraction of sp³-hybridized carbons (Fsp3) is 0.378. The lowest BCUT2D eigenvalue weighted by Crippen LogP contribution is -2.34. The van der Waals surface area contributed by atoms with E-state index in [1.165, 1.54) is 36.5 Å². The average molecular weight is 736 g/mol. The molecule has 1 aromatic heterocycles. The molecule has 0 radical (unpaired) electrons. The number of nitrogens with zero attached hydrogens (tertiary/aromatic N) is 2. The lowest BCUT2D eigenvalue weighted by atomic mass is 9.94. The second kappa shape index (κ2) is 15.8. The van der Waals surface area contributed by atoms with Gasteiger partial charge in [0, 0.05) is 24.8 Å². The molecule has 0 aliphatic rings. The van der Waals surface area contributed by atoms with E-state index in [1.54, 1.807) is 65.0 Å². The monoisotopic (exact) mass is 735 g/mol. The first-order chi connectivity index (χ1) is 24.3. The summed E-state index contributed by atoms with van der Waals surface area (Å²) in [5, 5.41) is 15.3. The van der Waals surface area contributed by atoms with Crippen molar-refractivity contribution in [2.75, 3.05) is 24.3 Å². The highest BCUT2D eigenvalue weighted by Crippen LogP contribution is 2.28. The van der Waals surface area contributed by atoms with Crippen LogP contribution in [0, 0.1) is 13.8 Å². The third-order valence-electron chi connectivity index (χ3n) is 8.18. The fourth-order valence-electron chi connectivity index (χ4n) is 5.57. The van der Waals surface area contributed by atoms with Crippen molar-refractivity contribution in [2.45, 2.75) is 83.2 Å². The standard InChI is InChI=1S/C37H45N5O9S/c1-21(2)52(48,49)31-12-10-26(17-25(31)19-42(8)36(47)51-37(5,6)7)41-35(46)50-14-13-28-22(3)15-24(16-23(28)4)32(34(44)45)40-27-9-11-30-29(18-27)33(43)39-20-38-30/h9-12,15-18,20-21,32,40H,13-14,19H2,1-8H3,(H,41,46)(H,44,45)(H,38,39,43). The molecule has 278 valence electrons. The van der Waals surface area contributed by atoms with Gasteiger partial charge >= 0.3 is 18.2 Å². The van der Waals surface area contributed by atoms with E-state index in [-0.39, 0.29) is 29.3 Å². The minimum Gasteiger partial charge on any atom is -0.479 e. The lowest BCUT2D eigenvalue weighted by Gasteiger charge is -2.25. The quantitative estimate of drug-likeness (QED) is 0.131. The van der Waals surface area contributed by atoms with Crippen LogP contribution in [0.15, 0.2) is 64.5 Å². The molecule has 4 aromatic rings. The number of rotatable bonds is 12. The molecule has 1 heterocycles. The van der Waals surface area contributed by atoms with Crippen molar-refractivity contribution in [3.63, 3.8) is 0 Å². The van der Waals surface area contributed by atoms with E-state index in [2.05, 4.69) is 20.6 Å². The van der Waals surface area contributed by atoms with Gasteiger partial charge in [-0.3, -0.25) is 10.1 Å². The summed E-state index contributed by atoms with van der Waals surface area (Å²) in [5.74, 6) is -1.11. The summed E-state index contributed by atoms with van der Waals surface area (Å²) in [4.78, 5) is 57.9. The van der Waals surface area contributed by atoms with Crippen LogP contribution in [0.2, 0.25) is 0 Å². The summed E-state index contributed by atoms with van der Waals surface area (Å²) in [6, 6.07) is 11.6. The Balaban J connectivity index is 1.45. The molecule has 52 heavy (non-hydrogen) atoms. The van der Waals surface area contributed by atoms with Crippen molar-refractivity contribution >= 4 is 50.3 Å². The van der Waals surface area contributed by atoms with Gasteiger partial charge in [0.2, 0.25) is 0 Å². The van der Waals surface area contributed by atoms with Crippen LogP contribution in [0.3, 0.4) is 0 Å². The van der Waals surface area contributed by atoms with Gasteiger partial charge in [-0.25, -0.2) is 27.8 Å². The summed E-state index contributed by atoms with van der Waals surface area (Å²) in [6.45, 7) is 11.9. The smallest absolute Gasteiger partial charge is 0.411 e. The van der Waals surface area contributed by atoms with Crippen LogP contribution in [0.5, 0.6) is 0 Å². The fourth-order valence-corrected chi connectivity index (χ4v) is 6.83. The van der Waals surface area contributed by atoms with Gasteiger partial charge in [-0.2, -0.15) is 0 Å². The third kappa shape index (κ3) is 9.66. The first-order valence-corrected chi connectivity index (χ1v) is 18.1. The van der Waals surface area contributed by atoms with Crippen LogP contribution >= 0.6 is 0 Å². The number of hydrogen-bond donors (Lipinski definition) is 4. The predicted octanol–water partition coefficient (Wildman–Crippen LogP) is 6.12. The largest absolute Gasteiger partial charge is 0.479 e. The average Bonchev–Trinajstić information content (AvgIpc) is 3.04. The van der Waals surface area contributed by atoms with Crippen LogP contribution in [-0.2, 0) is 37.1 Å². The molecule has 0 saturated carbocycles. The number of nitrogens with one attached hydrogen (secondary N) is 3. The first kappa shape index (κ1) is 39.3. The van der Waals surface area contributed by atoms with E-state index in [0.29, 0.717) is 34.1 Å². The van der Waals surface area contributed by atoms with Crippen molar-refractivity contribution in [1.82, 2.24) is 14.9 Å². The van der Waals surface area contributed by atoms with Gasteiger partial charge in [-0.15, -0.1) is 0 Å². The number of carboxylic acid groups (broad SMARTS) is 1. The maximum absolute atomic E-state index is 13.1. The van der Waals surface area contributed by atoms with Crippen LogP contribution in [0.25, 0.3) is 10.9 Å². The summed E-state index contributed by atoms with van der Waals surface area (Å²) in [7, 11) is -2.23. The van der Waals surface area contributed by atoms with Crippen molar-refractivity contribution < 1.29 is 37.4 Å². The Morgan fingerprint density at radius 2 is 1.65 bits per heavy atom. The maximum atomic E-state index is 13.1. The number of carboxylic acids is 1. The highest BCUT2D eigenvalue weighted by atomic mass is 32.2. The number of sulfone groups is 1. The Morgan fingerprint density at radius 3 is 2.27 bits per heavy atom. The molecule has 4 N–H and O–H groups in total. The number of carbonyl (C=O) groups is 3. The van der Waals surface area contributed by atoms with E-state index in [4.69, 9.17) is 9.47 Å². The first-order valence-electron chi connectivity index (χ1n) is 16.6. The van der Waals surface area contributed by atoms with Crippen LogP contribution in [-0.4, -0.2) is 71.1 Å². The Hall–Kier alpha value is -5.44. The molecule has 0 fully saturated rings. The molecular weight excluding hydrogens is 690 g/mol. The Labute approximate surface area is 302 Å². The zero-order valence-electron chi connectivity index (χ0n) is 30.5. The molecule has 0 spiro atoms. The number of benzene rings is 3. The van der Waals surface area contributed by atoms with E-state index in [0.717, 1.165) is 16.7 Å². The molecule has 0 aliphatic carbocycles. The van der Waals surface area contributed by atoms with Crippen LogP contribution in [0.4, 0.5) is 21.0 Å². The number of aliphatic carboxylic acids is 1. The zero-order valence-corrected chi connectivity index (χ0v) is 31.3. The van der Waals surface area contributed by atoms with Gasteiger partial charge in [0.25, 0.3) is 5.56 Å². The third-order valence-corrected chi connectivity index (χ3v) is 10.4. The molecule has 1 unspecified atom stereocenters. The zero-order chi connectivity index (χ0) is 38.5. The van der Waals surface area contributed by atoms with Gasteiger partial charge in [0.1, 0.15) is 5.60 Å². The summed E-state index contributed by atoms with van der Waals surface area (Å²) in [6.07, 6.45) is 0.246. The number of hydrogen-bond acceptors (Lipinski definition) is 10. The van der Waals surface area contributed by atoms with Gasteiger partial charge in [-0.1, -0.05) is 12.1 Å². The lowest BCUT2D eigenvalue weighted by molar-refractivity contribution is -0.138. The maximum Gasteiger partial charge on any atom is 0.411 e. The number of aromatic amines is 1. The molecule has 1 atom stereocenters. The van der Waals surface area contributed by atoms with Crippen molar-refractivity contribution in [2.24, 2.45) is 0 Å². The van der Waals surface area contributed by atoms with Gasteiger partial charge in [0.15, 0.2) is 15.9 Å². The topological polar surface area (TPSA) is 197 Å². The molecular formula is C37H45N5O9S. The van der Waals surface area contributed by atoms with Crippen LogP contribution < -0.4 is 16.2 Å². The molecule has 4 rings (SSSR count). The minimum atomic E-state index is -3.73. The number of fused-ring (bicyclic) bond motifs is 1. The number of H-pyrrole nitrogens is 1. The molecule has 2 amide bonds. The van der Waals surface area contributed by atoms with Crippen molar-refractivity contribution in [3.05, 3.63) is 93.0 Å². The Kier molecular flexibility index (Phi) is 12.0. The summed E-state index contributed by atoms with van der Waals surface area (Å²) < 4.78 is 37.1. The molecule has 14 nitrogen and oxygen atoms in total. The summed E-state index contributed by atoms with van der Waals surface area (Å²) >= 11 is 0. The SMILES string of the molecule is Cc1cc(C(Nc2ccc3nc[nH]c(=O)c3c2)C(=O)O)cc(C)c1CCOC(=O)Nc1ccc(S(=O)(=O)C(C)C)c(CN(C)C(=O)OC(C)(C)C)c1. The highest BCUT2D eigenvalue weighted by Gasteiger charge is 2.27. The number of ether oxygens (including phenoxy) is 2. The van der Waals surface area contributed by atoms with Crippen molar-refractivity contribution in [3.8, 4) is 0 Å². The molecule has 3 aromatic carbocycles. The molecule has 0 aliphatic heterocycles. The molecule has 15 heteroatoms. The summed E-state index contributed by atoms with van der Waals surface area (Å²) in [5.41, 5.74) is 3.38. The molecule has 0 saturated heterocycles. The van der Waals surface area contributed by atoms with E-state index in [9.17, 15) is 32.7 Å². The second-order valence-corrected chi connectivity index (χ2v) is 16.2. The Bertz CT molecular complexity index is 2130. The predicted molar refractivity (Wildman–Crippen MR) is 197 cm³/mol. The van der Waals surface area contributed by atoms with E-state index in [1.807, 2.05) is 13.8 Å². The number of aromatic nitrogens is 2. The Morgan fingerprint density at radius 1 is 1.00 bits per heavy atom. The molecule has 0 bridgehead atoms. The highest BCUT2D eigenvalue weighted by molar-refractivity contribution is 7.92. The van der Waals surface area contributed by atoms with E-state index >= 15 is 0 Å². The van der Waals surface area contributed by atoms with E-state index < -0.39 is 44.9 Å². The van der Waals surface area contributed by atoms with Crippen molar-refractivity contribution in [1.29, 1.82) is 0 Å². The van der Waals surface area contributed by atoms with Crippen LogP contribution in [0.1, 0.15) is 68.5 Å². The van der Waals surface area contributed by atoms with Gasteiger partial charge in [-0.05, 0) is 113 Å². The number of amides is 2. The number of aryl methyl sites for hydroxylation is 2. The van der Waals surface area contributed by atoms with Gasteiger partial charge in [0.05, 0.1) is 40.5 Å². The van der Waals surface area contributed by atoms with Gasteiger partial charge < -0.3 is 29.8 Å². The number of carbonyl (C=O) groups excluding carboxylic acids is 2. The normalized spacial score (nSPS) is 12.3. The second-order valence-electron chi connectivity index (χ2n) is 13.8.